The van der Waals surface area contributed by atoms with Crippen LogP contribution in [0.25, 0.3) is 22.2 Å². The molecule has 3 heteroatoms. The first-order valence-corrected chi connectivity index (χ1v) is 5.44. The second-order valence-corrected chi connectivity index (χ2v) is 3.87. The van der Waals surface area contributed by atoms with Crippen molar-refractivity contribution >= 4 is 10.9 Å². The Morgan fingerprint density at radius 3 is 2.65 bits per heavy atom. The number of methoxy groups -OCH3 is 1. The highest BCUT2D eigenvalue weighted by Gasteiger charge is 2.03. The Hall–Kier alpha value is -2.29. The lowest BCUT2D eigenvalue weighted by molar-refractivity contribution is 0.415. The van der Waals surface area contributed by atoms with Gasteiger partial charge in [0.1, 0.15) is 5.75 Å². The van der Waals surface area contributed by atoms with Gasteiger partial charge in [0.15, 0.2) is 0 Å². The topological polar surface area (TPSA) is 37.9 Å². The summed E-state index contributed by atoms with van der Waals surface area (Å²) >= 11 is 0. The molecule has 0 bridgehead atoms. The molecule has 84 valence electrons. The highest BCUT2D eigenvalue weighted by molar-refractivity contribution is 5.84. The zero-order valence-corrected chi connectivity index (χ0v) is 9.47. The van der Waals surface area contributed by atoms with E-state index >= 15 is 0 Å². The lowest BCUT2D eigenvalue weighted by Gasteiger charge is -2.01. The Balaban J connectivity index is 2.07. The van der Waals surface area contributed by atoms with Crippen molar-refractivity contribution in [2.45, 2.75) is 0 Å². The highest BCUT2D eigenvalue weighted by atomic mass is 16.5. The first kappa shape index (κ1) is 9.90. The number of rotatable bonds is 2. The maximum absolute atomic E-state index is 5.14. The van der Waals surface area contributed by atoms with Crippen LogP contribution in [-0.4, -0.2) is 17.1 Å². The Morgan fingerprint density at radius 1 is 1.12 bits per heavy atom. The molecule has 2 heterocycles. The molecule has 0 saturated heterocycles. The molecule has 1 aromatic carbocycles. The monoisotopic (exact) mass is 224 g/mol. The Bertz CT molecular complexity index is 608. The number of ether oxygens (including phenoxy) is 1. The number of H-pyrrole nitrogens is 1. The summed E-state index contributed by atoms with van der Waals surface area (Å²) in [6.45, 7) is 0. The third-order valence-corrected chi connectivity index (χ3v) is 2.82. The van der Waals surface area contributed by atoms with Crippen molar-refractivity contribution in [3.63, 3.8) is 0 Å². The van der Waals surface area contributed by atoms with Gasteiger partial charge < -0.3 is 9.72 Å². The molecule has 17 heavy (non-hydrogen) atoms. The van der Waals surface area contributed by atoms with Crippen LogP contribution in [0, 0.1) is 0 Å². The summed E-state index contributed by atoms with van der Waals surface area (Å²) in [6, 6.07) is 12.1. The Kier molecular flexibility index (Phi) is 2.29. The summed E-state index contributed by atoms with van der Waals surface area (Å²) in [4.78, 5) is 7.48. The molecule has 0 spiro atoms. The van der Waals surface area contributed by atoms with Gasteiger partial charge in [-0.3, -0.25) is 4.98 Å². The molecule has 2 aromatic heterocycles. The van der Waals surface area contributed by atoms with E-state index in [0.29, 0.717) is 0 Å². The summed E-state index contributed by atoms with van der Waals surface area (Å²) in [5, 5.41) is 1.12. The molecule has 0 unspecified atom stereocenters. The summed E-state index contributed by atoms with van der Waals surface area (Å²) < 4.78 is 5.14. The van der Waals surface area contributed by atoms with Gasteiger partial charge in [-0.2, -0.15) is 0 Å². The quantitative estimate of drug-likeness (QED) is 0.725. The fourth-order valence-electron chi connectivity index (χ4n) is 1.90. The van der Waals surface area contributed by atoms with Crippen LogP contribution in [0.3, 0.4) is 0 Å². The van der Waals surface area contributed by atoms with Gasteiger partial charge in [-0.25, -0.2) is 0 Å². The van der Waals surface area contributed by atoms with Gasteiger partial charge in [0.25, 0.3) is 0 Å². The van der Waals surface area contributed by atoms with Gasteiger partial charge in [-0.1, -0.05) is 0 Å². The summed E-state index contributed by atoms with van der Waals surface area (Å²) in [6.07, 6.45) is 3.65. The largest absolute Gasteiger partial charge is 0.497 e. The molecule has 0 fully saturated rings. The Morgan fingerprint density at radius 2 is 1.94 bits per heavy atom. The zero-order valence-electron chi connectivity index (χ0n) is 9.47. The third-order valence-electron chi connectivity index (χ3n) is 2.82. The molecule has 3 aromatic rings. The average molecular weight is 224 g/mol. The first-order chi connectivity index (χ1) is 8.36. The molecule has 3 nitrogen and oxygen atoms in total. The molecule has 0 amide bonds. The second kappa shape index (κ2) is 3.94. The molecule has 0 aliphatic heterocycles. The van der Waals surface area contributed by atoms with Gasteiger partial charge >= 0.3 is 0 Å². The number of hydrogen-bond acceptors (Lipinski definition) is 2. The summed E-state index contributed by atoms with van der Waals surface area (Å²) in [5.41, 5.74) is 3.34. The fourth-order valence-corrected chi connectivity index (χ4v) is 1.90. The van der Waals surface area contributed by atoms with Crippen molar-refractivity contribution in [1.82, 2.24) is 9.97 Å². The molecule has 0 aliphatic carbocycles. The smallest absolute Gasteiger partial charge is 0.118 e. The van der Waals surface area contributed by atoms with Crippen LogP contribution >= 0.6 is 0 Å². The minimum absolute atomic E-state index is 0.867. The van der Waals surface area contributed by atoms with Gasteiger partial charge in [-0.15, -0.1) is 0 Å². The molecular formula is C14H12N2O. The van der Waals surface area contributed by atoms with Crippen LogP contribution in [0.15, 0.2) is 48.8 Å². The third kappa shape index (κ3) is 1.76. The maximum Gasteiger partial charge on any atom is 0.118 e. The lowest BCUT2D eigenvalue weighted by Crippen LogP contribution is -1.82. The predicted octanol–water partition coefficient (Wildman–Crippen LogP) is 3.24. The van der Waals surface area contributed by atoms with Crippen molar-refractivity contribution in [2.75, 3.05) is 7.11 Å². The van der Waals surface area contributed by atoms with Gasteiger partial charge in [0, 0.05) is 29.0 Å². The lowest BCUT2D eigenvalue weighted by atomic mass is 10.1. The molecule has 0 saturated carbocycles. The minimum Gasteiger partial charge on any atom is -0.497 e. The van der Waals surface area contributed by atoms with Crippen LogP contribution in [0.2, 0.25) is 0 Å². The van der Waals surface area contributed by atoms with Crippen LogP contribution < -0.4 is 4.74 Å². The Labute approximate surface area is 99.1 Å². The molecule has 0 radical (unpaired) electrons. The van der Waals surface area contributed by atoms with Crippen LogP contribution in [0.4, 0.5) is 0 Å². The van der Waals surface area contributed by atoms with Gasteiger partial charge in [0.2, 0.25) is 0 Å². The number of aromatic amines is 1. The fraction of sp³-hybridized carbons (Fsp3) is 0.0714. The van der Waals surface area contributed by atoms with Crippen molar-refractivity contribution < 1.29 is 4.74 Å². The number of nitrogens with one attached hydrogen (secondary N) is 1. The van der Waals surface area contributed by atoms with E-state index in [1.807, 2.05) is 36.5 Å². The van der Waals surface area contributed by atoms with Crippen LogP contribution in [0.1, 0.15) is 0 Å². The number of hydrogen-bond donors (Lipinski definition) is 1. The average Bonchev–Trinajstić information content (AvgIpc) is 2.82. The number of pyridine rings is 1. The number of fused-ring (bicyclic) bond motifs is 1. The van der Waals surface area contributed by atoms with Gasteiger partial charge in [0.05, 0.1) is 7.11 Å². The van der Waals surface area contributed by atoms with Crippen molar-refractivity contribution in [3.8, 4) is 17.0 Å². The second-order valence-electron chi connectivity index (χ2n) is 3.87. The SMILES string of the molecule is COc1ccc(-c2cc3cnccc3[nH]2)cc1. The van der Waals surface area contributed by atoms with Crippen molar-refractivity contribution in [3.05, 3.63) is 48.8 Å². The highest BCUT2D eigenvalue weighted by Crippen LogP contribution is 2.25. The zero-order chi connectivity index (χ0) is 11.7. The number of aromatic nitrogens is 2. The van der Waals surface area contributed by atoms with E-state index in [1.165, 1.54) is 0 Å². The first-order valence-electron chi connectivity index (χ1n) is 5.44. The number of benzene rings is 1. The van der Waals surface area contributed by atoms with Crippen LogP contribution in [0.5, 0.6) is 5.75 Å². The molecule has 0 atom stereocenters. The predicted molar refractivity (Wildman–Crippen MR) is 68.1 cm³/mol. The van der Waals surface area contributed by atoms with E-state index in [4.69, 9.17) is 4.74 Å². The molecule has 1 N–H and O–H groups in total. The van der Waals surface area contributed by atoms with Gasteiger partial charge in [-0.05, 0) is 42.0 Å². The van der Waals surface area contributed by atoms with E-state index < -0.39 is 0 Å². The van der Waals surface area contributed by atoms with E-state index in [2.05, 4.69) is 16.0 Å². The molecular weight excluding hydrogens is 212 g/mol. The van der Waals surface area contributed by atoms with Crippen molar-refractivity contribution in [1.29, 1.82) is 0 Å². The van der Waals surface area contributed by atoms with E-state index in [0.717, 1.165) is 27.9 Å². The molecule has 0 aliphatic rings. The maximum atomic E-state index is 5.14. The number of nitrogens with zero attached hydrogens (tertiary/aromatic N) is 1. The van der Waals surface area contributed by atoms with E-state index in [1.54, 1.807) is 13.3 Å². The summed E-state index contributed by atoms with van der Waals surface area (Å²) in [5.74, 6) is 0.867. The normalized spacial score (nSPS) is 10.6. The summed E-state index contributed by atoms with van der Waals surface area (Å²) in [7, 11) is 1.67. The van der Waals surface area contributed by atoms with E-state index in [9.17, 15) is 0 Å². The standard InChI is InChI=1S/C14H12N2O/c1-17-12-4-2-10(3-5-12)14-8-11-9-15-7-6-13(11)16-14/h2-9,16H,1H3. The van der Waals surface area contributed by atoms with Crippen molar-refractivity contribution in [2.24, 2.45) is 0 Å². The minimum atomic E-state index is 0.867. The van der Waals surface area contributed by atoms with Crippen LogP contribution in [-0.2, 0) is 0 Å². The molecule has 3 rings (SSSR count). The van der Waals surface area contributed by atoms with E-state index in [-0.39, 0.29) is 0 Å².